The number of aryl methyl sites for hydroxylation is 1. The number of aromatic nitrogens is 2. The van der Waals surface area contributed by atoms with E-state index in [1.54, 1.807) is 0 Å². The van der Waals surface area contributed by atoms with Crippen molar-refractivity contribution in [2.75, 3.05) is 11.9 Å². The van der Waals surface area contributed by atoms with E-state index in [9.17, 15) is 0 Å². The van der Waals surface area contributed by atoms with Gasteiger partial charge in [0.1, 0.15) is 5.75 Å². The van der Waals surface area contributed by atoms with Crippen molar-refractivity contribution < 1.29 is 4.74 Å². The van der Waals surface area contributed by atoms with Crippen LogP contribution in [0.25, 0.3) is 10.9 Å². The predicted molar refractivity (Wildman–Crippen MR) is 110 cm³/mol. The third kappa shape index (κ3) is 3.51. The second-order valence-electron chi connectivity index (χ2n) is 6.50. The molecule has 4 nitrogen and oxygen atoms in total. The summed E-state index contributed by atoms with van der Waals surface area (Å²) in [6.07, 6.45) is 1.84. The average molecular weight is 357 g/mol. The third-order valence-electron chi connectivity index (χ3n) is 4.69. The molecule has 0 aliphatic rings. The number of hydrogen-bond acceptors (Lipinski definition) is 3. The van der Waals surface area contributed by atoms with Crippen LogP contribution in [0.5, 0.6) is 5.75 Å². The monoisotopic (exact) mass is 357 g/mol. The SMILES string of the molecule is CCOc1ccc(N[C@H](c2ccccn2)c2c(C)[nH]c3ccccc23)cc1. The maximum Gasteiger partial charge on any atom is 0.119 e. The first-order valence-electron chi connectivity index (χ1n) is 9.24. The number of rotatable bonds is 6. The van der Waals surface area contributed by atoms with Crippen LogP contribution in [0.4, 0.5) is 5.69 Å². The summed E-state index contributed by atoms with van der Waals surface area (Å²) >= 11 is 0. The normalized spacial score (nSPS) is 12.1. The molecule has 1 atom stereocenters. The average Bonchev–Trinajstić information content (AvgIpc) is 3.04. The van der Waals surface area contributed by atoms with Crippen molar-refractivity contribution in [3.05, 3.63) is 89.9 Å². The highest BCUT2D eigenvalue weighted by Crippen LogP contribution is 2.34. The molecule has 0 saturated carbocycles. The number of H-pyrrole nitrogens is 1. The van der Waals surface area contributed by atoms with E-state index in [0.717, 1.165) is 28.3 Å². The van der Waals surface area contributed by atoms with E-state index in [1.165, 1.54) is 10.9 Å². The van der Waals surface area contributed by atoms with Gasteiger partial charge < -0.3 is 15.0 Å². The third-order valence-corrected chi connectivity index (χ3v) is 4.69. The van der Waals surface area contributed by atoms with Gasteiger partial charge in [-0.1, -0.05) is 24.3 Å². The van der Waals surface area contributed by atoms with Gasteiger partial charge in [0, 0.05) is 34.0 Å². The van der Waals surface area contributed by atoms with E-state index in [1.807, 2.05) is 49.5 Å². The van der Waals surface area contributed by atoms with Gasteiger partial charge >= 0.3 is 0 Å². The standard InChI is InChI=1S/C23H23N3O/c1-3-27-18-13-11-17(12-14-18)26-23(21-10-6-7-15-24-21)22-16(2)25-20-9-5-4-8-19(20)22/h4-15,23,25-26H,3H2,1-2H3/t23-/m1/s1. The lowest BCUT2D eigenvalue weighted by Gasteiger charge is -2.21. The molecule has 27 heavy (non-hydrogen) atoms. The molecule has 4 heteroatoms. The first-order chi connectivity index (χ1) is 13.3. The molecule has 136 valence electrons. The molecule has 0 amide bonds. The van der Waals surface area contributed by atoms with Crippen molar-refractivity contribution in [3.8, 4) is 5.75 Å². The lowest BCUT2D eigenvalue weighted by atomic mass is 9.99. The Morgan fingerprint density at radius 3 is 2.52 bits per heavy atom. The van der Waals surface area contributed by atoms with Crippen molar-refractivity contribution in [1.29, 1.82) is 0 Å². The van der Waals surface area contributed by atoms with Crippen molar-refractivity contribution in [2.45, 2.75) is 19.9 Å². The molecule has 0 aliphatic carbocycles. The van der Waals surface area contributed by atoms with Gasteiger partial charge in [0.25, 0.3) is 0 Å². The summed E-state index contributed by atoms with van der Waals surface area (Å²) < 4.78 is 5.55. The minimum absolute atomic E-state index is 0.0553. The summed E-state index contributed by atoms with van der Waals surface area (Å²) in [6.45, 7) is 4.77. The van der Waals surface area contributed by atoms with E-state index in [-0.39, 0.29) is 6.04 Å². The number of anilines is 1. The molecule has 0 bridgehead atoms. The first-order valence-corrected chi connectivity index (χ1v) is 9.24. The molecule has 0 aliphatic heterocycles. The Balaban J connectivity index is 1.77. The minimum atomic E-state index is -0.0553. The van der Waals surface area contributed by atoms with E-state index in [2.05, 4.69) is 52.5 Å². The number of aromatic amines is 1. The maximum atomic E-state index is 5.55. The van der Waals surface area contributed by atoms with Gasteiger partial charge in [0.15, 0.2) is 0 Å². The second-order valence-corrected chi connectivity index (χ2v) is 6.50. The Labute approximate surface area is 159 Å². The summed E-state index contributed by atoms with van der Waals surface area (Å²) in [5.74, 6) is 0.876. The quantitative estimate of drug-likeness (QED) is 0.481. The molecule has 2 aromatic carbocycles. The van der Waals surface area contributed by atoms with Crippen molar-refractivity contribution in [3.63, 3.8) is 0 Å². The zero-order valence-corrected chi connectivity index (χ0v) is 15.6. The zero-order chi connectivity index (χ0) is 18.6. The number of nitrogens with zero attached hydrogens (tertiary/aromatic N) is 1. The van der Waals surface area contributed by atoms with E-state index < -0.39 is 0 Å². The highest BCUT2D eigenvalue weighted by atomic mass is 16.5. The second kappa shape index (κ2) is 7.54. The van der Waals surface area contributed by atoms with Gasteiger partial charge in [-0.3, -0.25) is 4.98 Å². The predicted octanol–water partition coefficient (Wildman–Crippen LogP) is 5.47. The molecular formula is C23H23N3O. The van der Waals surface area contributed by atoms with Gasteiger partial charge in [-0.25, -0.2) is 0 Å². The molecule has 0 spiro atoms. The molecule has 0 radical (unpaired) electrons. The molecule has 2 heterocycles. The highest BCUT2D eigenvalue weighted by Gasteiger charge is 2.21. The fourth-order valence-corrected chi connectivity index (χ4v) is 3.49. The largest absolute Gasteiger partial charge is 0.494 e. The smallest absolute Gasteiger partial charge is 0.119 e. The lowest BCUT2D eigenvalue weighted by Crippen LogP contribution is -2.14. The Morgan fingerprint density at radius 2 is 1.78 bits per heavy atom. The molecular weight excluding hydrogens is 334 g/mol. The number of pyridine rings is 1. The molecule has 0 saturated heterocycles. The Kier molecular flexibility index (Phi) is 4.79. The van der Waals surface area contributed by atoms with Crippen LogP contribution < -0.4 is 10.1 Å². The topological polar surface area (TPSA) is 49.9 Å². The van der Waals surface area contributed by atoms with Crippen LogP contribution in [-0.4, -0.2) is 16.6 Å². The summed E-state index contributed by atoms with van der Waals surface area (Å²) in [5.41, 5.74) is 5.51. The number of fused-ring (bicyclic) bond motifs is 1. The first kappa shape index (κ1) is 17.2. The van der Waals surface area contributed by atoms with Crippen LogP contribution in [0, 0.1) is 6.92 Å². The molecule has 0 unspecified atom stereocenters. The number of nitrogens with one attached hydrogen (secondary N) is 2. The van der Waals surface area contributed by atoms with Crippen molar-refractivity contribution in [2.24, 2.45) is 0 Å². The van der Waals surface area contributed by atoms with Crippen LogP contribution in [0.3, 0.4) is 0 Å². The zero-order valence-electron chi connectivity index (χ0n) is 15.6. The molecule has 0 fully saturated rings. The van der Waals surface area contributed by atoms with E-state index >= 15 is 0 Å². The Bertz CT molecular complexity index is 1020. The van der Waals surface area contributed by atoms with Gasteiger partial charge in [0.05, 0.1) is 18.3 Å². The Hall–Kier alpha value is -3.27. The van der Waals surface area contributed by atoms with Crippen molar-refractivity contribution >= 4 is 16.6 Å². The minimum Gasteiger partial charge on any atom is -0.494 e. The summed E-state index contributed by atoms with van der Waals surface area (Å²) in [4.78, 5) is 8.13. The van der Waals surface area contributed by atoms with E-state index in [4.69, 9.17) is 4.74 Å². The lowest BCUT2D eigenvalue weighted by molar-refractivity contribution is 0.340. The highest BCUT2D eigenvalue weighted by molar-refractivity contribution is 5.86. The van der Waals surface area contributed by atoms with Gasteiger partial charge in [-0.2, -0.15) is 0 Å². The van der Waals surface area contributed by atoms with E-state index in [0.29, 0.717) is 6.61 Å². The molecule has 2 N–H and O–H groups in total. The van der Waals surface area contributed by atoms with Gasteiger partial charge in [-0.05, 0) is 56.3 Å². The Morgan fingerprint density at radius 1 is 1.00 bits per heavy atom. The van der Waals surface area contributed by atoms with Crippen LogP contribution in [0.15, 0.2) is 72.9 Å². The number of para-hydroxylation sites is 1. The van der Waals surface area contributed by atoms with Crippen LogP contribution in [0.2, 0.25) is 0 Å². The maximum absolute atomic E-state index is 5.55. The van der Waals surface area contributed by atoms with Gasteiger partial charge in [-0.15, -0.1) is 0 Å². The number of hydrogen-bond donors (Lipinski definition) is 2. The van der Waals surface area contributed by atoms with Gasteiger partial charge in [0.2, 0.25) is 0 Å². The molecule has 4 aromatic rings. The molecule has 4 rings (SSSR count). The van der Waals surface area contributed by atoms with Crippen LogP contribution in [-0.2, 0) is 0 Å². The van der Waals surface area contributed by atoms with Crippen LogP contribution >= 0.6 is 0 Å². The fraction of sp³-hybridized carbons (Fsp3) is 0.174. The molecule has 2 aromatic heterocycles. The summed E-state index contributed by atoms with van der Waals surface area (Å²) in [5, 5.41) is 4.87. The van der Waals surface area contributed by atoms with Crippen LogP contribution in [0.1, 0.15) is 29.9 Å². The summed E-state index contributed by atoms with van der Waals surface area (Å²) in [6, 6.07) is 22.4. The number of benzene rings is 2. The number of ether oxygens (including phenoxy) is 1. The fourth-order valence-electron chi connectivity index (χ4n) is 3.49. The summed E-state index contributed by atoms with van der Waals surface area (Å²) in [7, 11) is 0. The van der Waals surface area contributed by atoms with Crippen molar-refractivity contribution in [1.82, 2.24) is 9.97 Å².